The fourth-order valence-electron chi connectivity index (χ4n) is 4.36. The van der Waals surface area contributed by atoms with Crippen molar-refractivity contribution in [1.82, 2.24) is 0 Å². The molecule has 3 N–H and O–H groups in total. The van der Waals surface area contributed by atoms with Crippen LogP contribution < -0.4 is 0 Å². The number of phosphoric ester groups is 1. The van der Waals surface area contributed by atoms with Gasteiger partial charge in [0.15, 0.2) is 6.29 Å². The molecule has 3 atom stereocenters. The molecule has 3 unspecified atom stereocenters. The molecule has 0 heterocycles. The van der Waals surface area contributed by atoms with Gasteiger partial charge in [0.1, 0.15) is 12.6 Å². The molecule has 212 valence electrons. The number of likely N-dealkylation sites (N-methyl/N-ethyl adjacent to an activating group) is 1. The fraction of sp³-hybridized carbons (Fsp3) is 1.00. The molecule has 9 heteroatoms. The highest BCUT2D eigenvalue weighted by atomic mass is 31.2. The van der Waals surface area contributed by atoms with Gasteiger partial charge in [0.2, 0.25) is 0 Å². The number of phosphoric acid groups is 1. The van der Waals surface area contributed by atoms with Gasteiger partial charge in [0, 0.05) is 18.9 Å². The van der Waals surface area contributed by atoms with Crippen LogP contribution >= 0.6 is 7.82 Å². The third-order valence-corrected chi connectivity index (χ3v) is 6.70. The lowest BCUT2D eigenvalue weighted by Crippen LogP contribution is -2.42. The normalized spacial score (nSPS) is 15.3. The van der Waals surface area contributed by atoms with Gasteiger partial charge in [-0.15, -0.1) is 0 Å². The number of rotatable bonds is 25. The number of hydrogen-bond acceptors (Lipinski definition) is 5. The van der Waals surface area contributed by atoms with E-state index < -0.39 is 20.2 Å². The Morgan fingerprint density at radius 3 is 1.83 bits per heavy atom. The van der Waals surface area contributed by atoms with Gasteiger partial charge in [-0.25, -0.2) is 4.57 Å². The van der Waals surface area contributed by atoms with Crippen molar-refractivity contribution < 1.29 is 37.9 Å². The molecule has 0 bridgehead atoms. The van der Waals surface area contributed by atoms with Crippen LogP contribution in [0.1, 0.15) is 104 Å². The maximum atomic E-state index is 11.2. The summed E-state index contributed by atoms with van der Waals surface area (Å²) in [4.78, 5) is 18.3. The highest BCUT2D eigenvalue weighted by Crippen LogP contribution is 2.38. The first-order chi connectivity index (χ1) is 16.5. The molecule has 8 nitrogen and oxygen atoms in total. The second-order valence-electron chi connectivity index (χ2n) is 10.9. The molecular formula is C26H57NO7P+. The van der Waals surface area contributed by atoms with E-state index in [2.05, 4.69) is 13.8 Å². The predicted octanol–water partition coefficient (Wildman–Crippen LogP) is 5.64. The first-order valence-corrected chi connectivity index (χ1v) is 15.4. The third-order valence-electron chi connectivity index (χ3n) is 6.13. The Labute approximate surface area is 215 Å². The van der Waals surface area contributed by atoms with Crippen LogP contribution in [0, 0.1) is 5.92 Å². The van der Waals surface area contributed by atoms with Gasteiger partial charge in [0.25, 0.3) is 0 Å². The maximum absolute atomic E-state index is 11.2. The molecule has 0 fully saturated rings. The Balaban J connectivity index is 4.03. The van der Waals surface area contributed by atoms with Gasteiger partial charge < -0.3 is 28.9 Å². The zero-order valence-electron chi connectivity index (χ0n) is 23.3. The standard InChI is InChI=1S/C26H56NO7P/c1-6-8-9-10-11-12-13-14-15-16-18-24(17-7-2)26(28)33-22-21-32-20-19-25(23-27(3,4)5)34-35(29,30)31/h24-26,28H,6-23H2,1-5H3,(H-,29,30,31)/p+1. The van der Waals surface area contributed by atoms with Crippen LogP contribution in [0.4, 0.5) is 0 Å². The van der Waals surface area contributed by atoms with Crippen molar-refractivity contribution in [2.45, 2.75) is 116 Å². The molecule has 0 aromatic carbocycles. The average molecular weight is 527 g/mol. The minimum Gasteiger partial charge on any atom is -0.379 e. The van der Waals surface area contributed by atoms with E-state index in [0.717, 1.165) is 25.7 Å². The number of quaternary nitrogens is 1. The van der Waals surface area contributed by atoms with E-state index in [1.807, 2.05) is 21.1 Å². The Morgan fingerprint density at radius 2 is 1.31 bits per heavy atom. The molecule has 0 saturated heterocycles. The van der Waals surface area contributed by atoms with Crippen molar-refractivity contribution >= 4 is 7.82 Å². The second kappa shape index (κ2) is 20.9. The SMILES string of the molecule is CCCCCCCCCCCCC(CCC)C(O)OCCOCCC(C[N+](C)(C)C)OP(=O)(O)O. The molecule has 0 spiro atoms. The summed E-state index contributed by atoms with van der Waals surface area (Å²) < 4.78 is 27.9. The molecule has 0 amide bonds. The summed E-state index contributed by atoms with van der Waals surface area (Å²) in [6, 6.07) is 0. The summed E-state index contributed by atoms with van der Waals surface area (Å²) >= 11 is 0. The van der Waals surface area contributed by atoms with E-state index in [1.54, 1.807) is 0 Å². The lowest BCUT2D eigenvalue weighted by atomic mass is 9.95. The number of aliphatic hydroxyl groups excluding tert-OH is 1. The van der Waals surface area contributed by atoms with Crippen molar-refractivity contribution in [3.63, 3.8) is 0 Å². The lowest BCUT2D eigenvalue weighted by Gasteiger charge is -2.29. The van der Waals surface area contributed by atoms with Gasteiger partial charge >= 0.3 is 7.82 Å². The smallest absolute Gasteiger partial charge is 0.379 e. The van der Waals surface area contributed by atoms with Crippen LogP contribution in [0.3, 0.4) is 0 Å². The van der Waals surface area contributed by atoms with Gasteiger partial charge in [-0.3, -0.25) is 4.52 Å². The van der Waals surface area contributed by atoms with Crippen molar-refractivity contribution in [3.8, 4) is 0 Å². The van der Waals surface area contributed by atoms with Crippen LogP contribution in [0.2, 0.25) is 0 Å². The third kappa shape index (κ3) is 24.1. The molecule has 0 rings (SSSR count). The van der Waals surface area contributed by atoms with E-state index in [4.69, 9.17) is 23.8 Å². The van der Waals surface area contributed by atoms with Crippen molar-refractivity contribution in [1.29, 1.82) is 0 Å². The largest absolute Gasteiger partial charge is 0.470 e. The summed E-state index contributed by atoms with van der Waals surface area (Å²) in [5.74, 6) is 0.152. The molecule has 0 aliphatic heterocycles. The first kappa shape index (κ1) is 35.0. The van der Waals surface area contributed by atoms with Crippen LogP contribution in [0.5, 0.6) is 0 Å². The predicted molar refractivity (Wildman–Crippen MR) is 142 cm³/mol. The minimum atomic E-state index is -4.55. The summed E-state index contributed by atoms with van der Waals surface area (Å²) in [5, 5.41) is 10.5. The number of ether oxygens (including phenoxy) is 2. The van der Waals surface area contributed by atoms with Gasteiger partial charge in [-0.05, 0) is 12.8 Å². The monoisotopic (exact) mass is 526 g/mol. The Kier molecular flexibility index (Phi) is 20.9. The molecule has 0 aromatic rings. The van der Waals surface area contributed by atoms with Crippen LogP contribution in [0.25, 0.3) is 0 Å². The van der Waals surface area contributed by atoms with E-state index >= 15 is 0 Å². The Morgan fingerprint density at radius 1 is 0.743 bits per heavy atom. The summed E-state index contributed by atoms with van der Waals surface area (Å²) in [6.07, 6.45) is 15.0. The van der Waals surface area contributed by atoms with E-state index in [-0.39, 0.29) is 5.92 Å². The van der Waals surface area contributed by atoms with Crippen LogP contribution in [-0.2, 0) is 18.6 Å². The van der Waals surface area contributed by atoms with Gasteiger partial charge in [-0.2, -0.15) is 0 Å². The first-order valence-electron chi connectivity index (χ1n) is 13.9. The number of unbranched alkanes of at least 4 members (excludes halogenated alkanes) is 9. The zero-order valence-corrected chi connectivity index (χ0v) is 24.2. The topological polar surface area (TPSA) is 105 Å². The Hall–Kier alpha value is -0.0500. The second-order valence-corrected chi connectivity index (χ2v) is 12.1. The summed E-state index contributed by atoms with van der Waals surface area (Å²) in [7, 11) is 1.27. The highest BCUT2D eigenvalue weighted by Gasteiger charge is 2.27. The minimum absolute atomic E-state index is 0.152. The van der Waals surface area contributed by atoms with Crippen LogP contribution in [0.15, 0.2) is 0 Å². The van der Waals surface area contributed by atoms with E-state index in [9.17, 15) is 9.67 Å². The van der Waals surface area contributed by atoms with E-state index in [0.29, 0.717) is 37.3 Å². The van der Waals surface area contributed by atoms with Gasteiger partial charge in [0.05, 0.1) is 34.4 Å². The fourth-order valence-corrected chi connectivity index (χ4v) is 4.92. The zero-order chi connectivity index (χ0) is 26.6. The number of aliphatic hydroxyl groups is 1. The quantitative estimate of drug-likeness (QED) is 0.0612. The van der Waals surface area contributed by atoms with E-state index in [1.165, 1.54) is 57.8 Å². The van der Waals surface area contributed by atoms with Crippen LogP contribution in [-0.4, -0.2) is 79.3 Å². The van der Waals surface area contributed by atoms with Crippen molar-refractivity contribution in [2.75, 3.05) is 47.5 Å². The van der Waals surface area contributed by atoms with Gasteiger partial charge in [-0.1, -0.05) is 84.5 Å². The average Bonchev–Trinajstić information content (AvgIpc) is 2.74. The molecule has 0 aromatic heterocycles. The molecular weight excluding hydrogens is 469 g/mol. The Bertz CT molecular complexity index is 524. The number of hydrogen-bond donors (Lipinski definition) is 3. The summed E-state index contributed by atoms with van der Waals surface area (Å²) in [5.41, 5.74) is 0. The molecule has 0 saturated carbocycles. The number of nitrogens with zero attached hydrogens (tertiary/aromatic N) is 1. The highest BCUT2D eigenvalue weighted by molar-refractivity contribution is 7.46. The molecule has 0 aliphatic carbocycles. The molecule has 0 radical (unpaired) electrons. The van der Waals surface area contributed by atoms with Crippen molar-refractivity contribution in [3.05, 3.63) is 0 Å². The van der Waals surface area contributed by atoms with Crippen molar-refractivity contribution in [2.24, 2.45) is 5.92 Å². The maximum Gasteiger partial charge on any atom is 0.470 e. The molecule has 35 heavy (non-hydrogen) atoms. The molecule has 0 aliphatic rings. The lowest BCUT2D eigenvalue weighted by molar-refractivity contribution is -0.873. The summed E-state index contributed by atoms with van der Waals surface area (Å²) in [6.45, 7) is 5.76.